The van der Waals surface area contributed by atoms with Crippen molar-refractivity contribution in [3.8, 4) is 0 Å². The highest BCUT2D eigenvalue weighted by molar-refractivity contribution is 8.00. The summed E-state index contributed by atoms with van der Waals surface area (Å²) in [6.07, 6.45) is 1.46. The van der Waals surface area contributed by atoms with E-state index in [-0.39, 0.29) is 17.0 Å². The van der Waals surface area contributed by atoms with Crippen molar-refractivity contribution in [3.05, 3.63) is 95.7 Å². The SMILES string of the molecule is C=CC1=C(C(=O)OC(c2ccccc2)c2ccccc2)N2C(=O)[C@@H](NC=O)[C@@H]2SC1. The quantitative estimate of drug-likeness (QED) is 0.424. The largest absolute Gasteiger partial charge is 0.448 e. The first-order valence-electron chi connectivity index (χ1n) is 9.46. The van der Waals surface area contributed by atoms with E-state index in [1.807, 2.05) is 60.7 Å². The van der Waals surface area contributed by atoms with Gasteiger partial charge in [-0.3, -0.25) is 14.5 Å². The number of β-lactam (4-membered cyclic amide) rings is 1. The molecule has 1 fully saturated rings. The van der Waals surface area contributed by atoms with Gasteiger partial charge in [-0.2, -0.15) is 0 Å². The number of benzene rings is 2. The standard InChI is InChI=1S/C23H20N2O4S/c1-2-15-13-30-22-18(24-14-26)21(27)25(22)19(15)23(28)29-20(16-9-5-3-6-10-16)17-11-7-4-8-12-17/h2-12,14,18,20,22H,1,13H2,(H,24,26)/t18-,22+/m1/s1. The van der Waals surface area contributed by atoms with Crippen LogP contribution in [-0.2, 0) is 19.1 Å². The van der Waals surface area contributed by atoms with Gasteiger partial charge in [-0.25, -0.2) is 4.79 Å². The number of nitrogens with zero attached hydrogens (tertiary/aromatic N) is 1. The van der Waals surface area contributed by atoms with Crippen LogP contribution in [0.5, 0.6) is 0 Å². The Hall–Kier alpha value is -3.32. The molecule has 7 heteroatoms. The summed E-state index contributed by atoms with van der Waals surface area (Å²) in [6, 6.07) is 18.3. The Morgan fingerprint density at radius 2 is 1.73 bits per heavy atom. The van der Waals surface area contributed by atoms with E-state index in [1.165, 1.54) is 16.7 Å². The number of hydrogen-bond acceptors (Lipinski definition) is 5. The Morgan fingerprint density at radius 3 is 2.27 bits per heavy atom. The van der Waals surface area contributed by atoms with E-state index < -0.39 is 18.1 Å². The minimum absolute atomic E-state index is 0.194. The van der Waals surface area contributed by atoms with Gasteiger partial charge in [0.25, 0.3) is 5.91 Å². The first-order chi connectivity index (χ1) is 14.7. The molecule has 152 valence electrons. The van der Waals surface area contributed by atoms with Crippen LogP contribution in [0.2, 0.25) is 0 Å². The molecule has 2 atom stereocenters. The summed E-state index contributed by atoms with van der Waals surface area (Å²) in [4.78, 5) is 38.1. The van der Waals surface area contributed by atoms with E-state index in [2.05, 4.69) is 11.9 Å². The molecule has 0 bridgehead atoms. The third-order valence-electron chi connectivity index (χ3n) is 5.11. The van der Waals surface area contributed by atoms with E-state index >= 15 is 0 Å². The summed E-state index contributed by atoms with van der Waals surface area (Å²) in [5, 5.41) is 2.19. The molecular weight excluding hydrogens is 400 g/mol. The van der Waals surface area contributed by atoms with Crippen molar-refractivity contribution in [3.63, 3.8) is 0 Å². The Balaban J connectivity index is 1.66. The Bertz CT molecular complexity index is 967. The van der Waals surface area contributed by atoms with Crippen LogP contribution in [0.4, 0.5) is 0 Å². The molecular formula is C23H20N2O4S. The van der Waals surface area contributed by atoms with Crippen molar-refractivity contribution >= 4 is 30.0 Å². The summed E-state index contributed by atoms with van der Waals surface area (Å²) in [7, 11) is 0. The molecule has 2 aromatic carbocycles. The van der Waals surface area contributed by atoms with Gasteiger partial charge in [0.15, 0.2) is 6.10 Å². The predicted octanol–water partition coefficient (Wildman–Crippen LogP) is 2.79. The van der Waals surface area contributed by atoms with Crippen LogP contribution in [0, 0.1) is 0 Å². The molecule has 0 aliphatic carbocycles. The van der Waals surface area contributed by atoms with Crippen LogP contribution >= 0.6 is 11.8 Å². The van der Waals surface area contributed by atoms with Gasteiger partial charge >= 0.3 is 5.97 Å². The molecule has 1 N–H and O–H groups in total. The highest BCUT2D eigenvalue weighted by Crippen LogP contribution is 2.41. The van der Waals surface area contributed by atoms with E-state index in [1.54, 1.807) is 6.08 Å². The van der Waals surface area contributed by atoms with Gasteiger partial charge < -0.3 is 10.1 Å². The molecule has 0 unspecified atom stereocenters. The predicted molar refractivity (Wildman–Crippen MR) is 114 cm³/mol. The second-order valence-corrected chi connectivity index (χ2v) is 7.96. The maximum absolute atomic E-state index is 13.3. The molecule has 1 saturated heterocycles. The van der Waals surface area contributed by atoms with Crippen molar-refractivity contribution in [1.82, 2.24) is 10.2 Å². The monoisotopic (exact) mass is 420 g/mol. The van der Waals surface area contributed by atoms with Crippen LogP contribution < -0.4 is 5.32 Å². The number of esters is 1. The Labute approximate surface area is 178 Å². The number of carbonyl (C=O) groups is 3. The summed E-state index contributed by atoms with van der Waals surface area (Å²) in [5.41, 5.74) is 2.49. The normalized spacial score (nSPS) is 20.3. The number of hydrogen-bond donors (Lipinski definition) is 1. The van der Waals surface area contributed by atoms with Gasteiger partial charge in [-0.05, 0) is 16.7 Å². The summed E-state index contributed by atoms with van der Waals surface area (Å²) in [6.45, 7) is 3.79. The number of nitrogens with one attached hydrogen (secondary N) is 1. The number of ether oxygens (including phenoxy) is 1. The zero-order valence-corrected chi connectivity index (χ0v) is 16.9. The van der Waals surface area contributed by atoms with Gasteiger partial charge in [0.05, 0.1) is 0 Å². The lowest BCUT2D eigenvalue weighted by atomic mass is 10.0. The smallest absolute Gasteiger partial charge is 0.356 e. The van der Waals surface area contributed by atoms with Crippen molar-refractivity contribution in [1.29, 1.82) is 0 Å². The molecule has 0 spiro atoms. The second kappa shape index (κ2) is 8.59. The molecule has 2 aliphatic rings. The van der Waals surface area contributed by atoms with Gasteiger partial charge in [-0.1, -0.05) is 73.3 Å². The first-order valence-corrected chi connectivity index (χ1v) is 10.5. The number of amides is 2. The highest BCUT2D eigenvalue weighted by atomic mass is 32.2. The highest BCUT2D eigenvalue weighted by Gasteiger charge is 2.53. The molecule has 2 heterocycles. The second-order valence-electron chi connectivity index (χ2n) is 6.86. The van der Waals surface area contributed by atoms with Crippen molar-refractivity contribution in [2.75, 3.05) is 5.75 Å². The minimum atomic E-state index is -0.638. The van der Waals surface area contributed by atoms with Gasteiger partial charge in [0, 0.05) is 5.75 Å². The third-order valence-corrected chi connectivity index (χ3v) is 6.42. The fourth-order valence-corrected chi connectivity index (χ4v) is 4.98. The fraction of sp³-hybridized carbons (Fsp3) is 0.174. The minimum Gasteiger partial charge on any atom is -0.448 e. The van der Waals surface area contributed by atoms with Crippen LogP contribution in [0.3, 0.4) is 0 Å². The summed E-state index contributed by atoms with van der Waals surface area (Å²) >= 11 is 1.48. The maximum atomic E-state index is 13.3. The van der Waals surface area contributed by atoms with Crippen LogP contribution in [0.15, 0.2) is 84.6 Å². The van der Waals surface area contributed by atoms with Crippen molar-refractivity contribution in [2.45, 2.75) is 17.5 Å². The van der Waals surface area contributed by atoms with Crippen molar-refractivity contribution in [2.24, 2.45) is 0 Å². The lowest BCUT2D eigenvalue weighted by molar-refractivity contribution is -0.154. The van der Waals surface area contributed by atoms with E-state index in [0.717, 1.165) is 11.1 Å². The van der Waals surface area contributed by atoms with Crippen LogP contribution in [0.25, 0.3) is 0 Å². The topological polar surface area (TPSA) is 75.7 Å². The zero-order chi connectivity index (χ0) is 21.1. The number of rotatable bonds is 7. The first kappa shape index (κ1) is 20.0. The van der Waals surface area contributed by atoms with E-state index in [0.29, 0.717) is 17.7 Å². The number of fused-ring (bicyclic) bond motifs is 1. The Kier molecular flexibility index (Phi) is 5.72. The summed E-state index contributed by atoms with van der Waals surface area (Å²) in [5.74, 6) is -0.423. The van der Waals surface area contributed by atoms with Gasteiger partial charge in [0.1, 0.15) is 17.1 Å². The molecule has 2 aromatic rings. The molecule has 0 saturated carbocycles. The third kappa shape index (κ3) is 3.52. The van der Waals surface area contributed by atoms with E-state index in [4.69, 9.17) is 4.74 Å². The average molecular weight is 420 g/mol. The molecule has 2 aliphatic heterocycles. The Morgan fingerprint density at radius 1 is 1.13 bits per heavy atom. The molecule has 30 heavy (non-hydrogen) atoms. The lowest BCUT2D eigenvalue weighted by Gasteiger charge is -2.49. The number of thioether (sulfide) groups is 1. The fourth-order valence-electron chi connectivity index (χ4n) is 3.63. The lowest BCUT2D eigenvalue weighted by Crippen LogP contribution is -2.69. The van der Waals surface area contributed by atoms with Crippen molar-refractivity contribution < 1.29 is 19.1 Å². The molecule has 0 aromatic heterocycles. The van der Waals surface area contributed by atoms with Crippen LogP contribution in [0.1, 0.15) is 17.2 Å². The summed E-state index contributed by atoms with van der Waals surface area (Å²) < 4.78 is 5.95. The average Bonchev–Trinajstić information content (AvgIpc) is 2.80. The maximum Gasteiger partial charge on any atom is 0.356 e. The number of allylic oxidation sites excluding steroid dienone is 1. The molecule has 0 radical (unpaired) electrons. The molecule has 6 nitrogen and oxygen atoms in total. The van der Waals surface area contributed by atoms with Gasteiger partial charge in [0.2, 0.25) is 6.41 Å². The molecule has 4 rings (SSSR count). The number of carbonyl (C=O) groups excluding carboxylic acids is 3. The van der Waals surface area contributed by atoms with Crippen LogP contribution in [-0.4, -0.2) is 40.4 Å². The van der Waals surface area contributed by atoms with E-state index in [9.17, 15) is 14.4 Å². The molecule has 2 amide bonds. The van der Waals surface area contributed by atoms with Gasteiger partial charge in [-0.15, -0.1) is 11.8 Å². The zero-order valence-electron chi connectivity index (χ0n) is 16.1.